The molecule has 0 N–H and O–H groups in total. The first-order valence-electron chi connectivity index (χ1n) is 6.04. The summed E-state index contributed by atoms with van der Waals surface area (Å²) in [4.78, 5) is 14.0. The van der Waals surface area contributed by atoms with E-state index in [2.05, 4.69) is 11.9 Å². The maximum absolute atomic E-state index is 11.7. The first-order chi connectivity index (χ1) is 7.24. The minimum atomic E-state index is -0.0353. The van der Waals surface area contributed by atoms with Crippen molar-refractivity contribution in [3.63, 3.8) is 0 Å². The molecule has 0 spiro atoms. The standard InChI is InChI=1S/C12H21NO2/c1-13(10-5-3-4-6-10)11(9-7-8-9)12(14)15-2/h9-11H,3-8H2,1-2H3. The number of hydrogen-bond donors (Lipinski definition) is 0. The number of methoxy groups -OCH3 is 1. The Kier molecular flexibility index (Phi) is 3.29. The lowest BCUT2D eigenvalue weighted by Crippen LogP contribution is -2.45. The molecule has 2 aliphatic rings. The molecular weight excluding hydrogens is 190 g/mol. The second-order valence-electron chi connectivity index (χ2n) is 4.91. The Labute approximate surface area is 91.8 Å². The number of carbonyl (C=O) groups excluding carboxylic acids is 1. The first kappa shape index (κ1) is 10.9. The Morgan fingerprint density at radius 1 is 1.27 bits per heavy atom. The lowest BCUT2D eigenvalue weighted by atomic mass is 10.1. The molecule has 1 atom stereocenters. The van der Waals surface area contributed by atoms with Crippen LogP contribution in [0.15, 0.2) is 0 Å². The van der Waals surface area contributed by atoms with Crippen LogP contribution in [-0.4, -0.2) is 37.1 Å². The highest BCUT2D eigenvalue weighted by Crippen LogP contribution is 2.38. The van der Waals surface area contributed by atoms with Gasteiger partial charge in [0.2, 0.25) is 0 Å². The van der Waals surface area contributed by atoms with Gasteiger partial charge in [-0.3, -0.25) is 9.69 Å². The minimum Gasteiger partial charge on any atom is -0.468 e. The van der Waals surface area contributed by atoms with Gasteiger partial charge in [0.1, 0.15) is 6.04 Å². The van der Waals surface area contributed by atoms with Crippen LogP contribution in [0.25, 0.3) is 0 Å². The Bertz CT molecular complexity index is 232. The molecule has 0 aromatic carbocycles. The van der Waals surface area contributed by atoms with E-state index in [1.807, 2.05) is 0 Å². The maximum Gasteiger partial charge on any atom is 0.323 e. The van der Waals surface area contributed by atoms with Crippen molar-refractivity contribution in [3.8, 4) is 0 Å². The molecule has 3 heteroatoms. The van der Waals surface area contributed by atoms with Crippen molar-refractivity contribution in [2.24, 2.45) is 5.92 Å². The maximum atomic E-state index is 11.7. The van der Waals surface area contributed by atoms with Gasteiger partial charge in [-0.05, 0) is 38.6 Å². The number of likely N-dealkylation sites (N-methyl/N-ethyl adjacent to an activating group) is 1. The number of rotatable bonds is 4. The van der Waals surface area contributed by atoms with Crippen LogP contribution >= 0.6 is 0 Å². The highest BCUT2D eigenvalue weighted by molar-refractivity contribution is 5.76. The lowest BCUT2D eigenvalue weighted by Gasteiger charge is -2.31. The van der Waals surface area contributed by atoms with Gasteiger partial charge in [0.15, 0.2) is 0 Å². The van der Waals surface area contributed by atoms with Crippen molar-refractivity contribution in [2.45, 2.75) is 50.6 Å². The number of ether oxygens (including phenoxy) is 1. The van der Waals surface area contributed by atoms with Crippen molar-refractivity contribution in [1.82, 2.24) is 4.90 Å². The molecule has 3 nitrogen and oxygen atoms in total. The summed E-state index contributed by atoms with van der Waals surface area (Å²) in [6.45, 7) is 0. The average Bonchev–Trinajstić information content (AvgIpc) is 2.92. The van der Waals surface area contributed by atoms with Gasteiger partial charge in [-0.15, -0.1) is 0 Å². The quantitative estimate of drug-likeness (QED) is 0.664. The van der Waals surface area contributed by atoms with Gasteiger partial charge in [0.05, 0.1) is 7.11 Å². The van der Waals surface area contributed by atoms with Crippen LogP contribution in [0.3, 0.4) is 0 Å². The van der Waals surface area contributed by atoms with Crippen LogP contribution in [-0.2, 0) is 9.53 Å². The van der Waals surface area contributed by atoms with Crippen LogP contribution in [0.5, 0.6) is 0 Å². The molecular formula is C12H21NO2. The molecule has 0 aromatic rings. The van der Waals surface area contributed by atoms with Gasteiger partial charge in [-0.1, -0.05) is 12.8 Å². The largest absolute Gasteiger partial charge is 0.468 e. The van der Waals surface area contributed by atoms with E-state index in [0.717, 1.165) is 0 Å². The van der Waals surface area contributed by atoms with Crippen molar-refractivity contribution in [3.05, 3.63) is 0 Å². The number of esters is 1. The number of carbonyl (C=O) groups is 1. The Hall–Kier alpha value is -0.570. The Balaban J connectivity index is 1.99. The summed E-state index contributed by atoms with van der Waals surface area (Å²) in [6, 6.07) is 0.632. The summed E-state index contributed by atoms with van der Waals surface area (Å²) in [5, 5.41) is 0. The molecule has 0 saturated heterocycles. The average molecular weight is 211 g/mol. The summed E-state index contributed by atoms with van der Waals surface area (Å²) < 4.78 is 4.91. The number of nitrogens with zero attached hydrogens (tertiary/aromatic N) is 1. The summed E-state index contributed by atoms with van der Waals surface area (Å²) in [6.07, 6.45) is 7.50. The van der Waals surface area contributed by atoms with Crippen LogP contribution < -0.4 is 0 Å². The van der Waals surface area contributed by atoms with Crippen LogP contribution in [0.2, 0.25) is 0 Å². The van der Waals surface area contributed by atoms with Gasteiger partial charge in [-0.2, -0.15) is 0 Å². The first-order valence-corrected chi connectivity index (χ1v) is 6.04. The fourth-order valence-electron chi connectivity index (χ4n) is 2.76. The zero-order valence-corrected chi connectivity index (χ0v) is 9.74. The van der Waals surface area contributed by atoms with Crippen molar-refractivity contribution >= 4 is 5.97 Å². The molecule has 86 valence electrons. The van der Waals surface area contributed by atoms with E-state index in [1.54, 1.807) is 0 Å². The van der Waals surface area contributed by atoms with Crippen molar-refractivity contribution < 1.29 is 9.53 Å². The van der Waals surface area contributed by atoms with Crippen LogP contribution in [0.4, 0.5) is 0 Å². The van der Waals surface area contributed by atoms with Gasteiger partial charge in [0, 0.05) is 6.04 Å². The molecule has 2 saturated carbocycles. The molecule has 1 unspecified atom stereocenters. The van der Waals surface area contributed by atoms with Gasteiger partial charge < -0.3 is 4.74 Å². The van der Waals surface area contributed by atoms with E-state index in [9.17, 15) is 4.79 Å². The second kappa shape index (κ2) is 4.52. The molecule has 0 radical (unpaired) electrons. The molecule has 0 amide bonds. The van der Waals surface area contributed by atoms with Gasteiger partial charge in [-0.25, -0.2) is 0 Å². The fraction of sp³-hybridized carbons (Fsp3) is 0.917. The summed E-state index contributed by atoms with van der Waals surface area (Å²) in [5.41, 5.74) is 0. The molecule has 2 aliphatic carbocycles. The smallest absolute Gasteiger partial charge is 0.323 e. The highest BCUT2D eigenvalue weighted by atomic mass is 16.5. The lowest BCUT2D eigenvalue weighted by molar-refractivity contribution is -0.148. The number of hydrogen-bond acceptors (Lipinski definition) is 3. The van der Waals surface area contributed by atoms with Gasteiger partial charge in [0.25, 0.3) is 0 Å². The van der Waals surface area contributed by atoms with E-state index >= 15 is 0 Å². The summed E-state index contributed by atoms with van der Waals surface area (Å²) in [7, 11) is 3.59. The van der Waals surface area contributed by atoms with Crippen LogP contribution in [0, 0.1) is 5.92 Å². The van der Waals surface area contributed by atoms with E-state index in [1.165, 1.54) is 45.6 Å². The minimum absolute atomic E-state index is 0.0260. The zero-order valence-electron chi connectivity index (χ0n) is 9.74. The monoisotopic (exact) mass is 211 g/mol. The van der Waals surface area contributed by atoms with Gasteiger partial charge >= 0.3 is 5.97 Å². The van der Waals surface area contributed by atoms with E-state index in [-0.39, 0.29) is 12.0 Å². The molecule has 15 heavy (non-hydrogen) atoms. The predicted octanol–water partition coefficient (Wildman–Crippen LogP) is 1.81. The van der Waals surface area contributed by atoms with Crippen molar-refractivity contribution in [2.75, 3.05) is 14.2 Å². The normalized spacial score (nSPS) is 24.5. The van der Waals surface area contributed by atoms with Crippen molar-refractivity contribution in [1.29, 1.82) is 0 Å². The van der Waals surface area contributed by atoms with E-state index in [0.29, 0.717) is 12.0 Å². The Morgan fingerprint density at radius 2 is 1.87 bits per heavy atom. The molecule has 2 fully saturated rings. The molecule has 0 bridgehead atoms. The SMILES string of the molecule is COC(=O)C(C1CC1)N(C)C1CCCC1. The third kappa shape index (κ3) is 2.33. The molecule has 2 rings (SSSR count). The fourth-order valence-corrected chi connectivity index (χ4v) is 2.76. The Morgan fingerprint density at radius 3 is 2.33 bits per heavy atom. The summed E-state index contributed by atoms with van der Waals surface area (Å²) >= 11 is 0. The molecule has 0 aromatic heterocycles. The third-order valence-corrected chi connectivity index (χ3v) is 3.85. The molecule has 0 aliphatic heterocycles. The molecule has 0 heterocycles. The topological polar surface area (TPSA) is 29.5 Å². The van der Waals surface area contributed by atoms with E-state index < -0.39 is 0 Å². The summed E-state index contributed by atoms with van der Waals surface area (Å²) in [5.74, 6) is 0.523. The highest BCUT2D eigenvalue weighted by Gasteiger charge is 2.42. The predicted molar refractivity (Wildman–Crippen MR) is 58.5 cm³/mol. The second-order valence-corrected chi connectivity index (χ2v) is 4.91. The van der Waals surface area contributed by atoms with E-state index in [4.69, 9.17) is 4.74 Å². The van der Waals surface area contributed by atoms with Crippen LogP contribution in [0.1, 0.15) is 38.5 Å². The third-order valence-electron chi connectivity index (χ3n) is 3.85. The zero-order chi connectivity index (χ0) is 10.8.